The van der Waals surface area contributed by atoms with Gasteiger partial charge in [-0.2, -0.15) is 0 Å². The maximum absolute atomic E-state index is 12.7. The minimum Gasteiger partial charge on any atom is -0.399 e. The van der Waals surface area contributed by atoms with Crippen LogP contribution in [0.25, 0.3) is 0 Å². The maximum atomic E-state index is 12.7. The number of hydrogen-bond acceptors (Lipinski definition) is 2. The zero-order chi connectivity index (χ0) is 13.1. The fourth-order valence-corrected chi connectivity index (χ4v) is 1.91. The highest BCUT2D eigenvalue weighted by Gasteiger charge is 2.09. The summed E-state index contributed by atoms with van der Waals surface area (Å²) in [7, 11) is 0. The first-order chi connectivity index (χ1) is 8.54. The molecule has 0 spiro atoms. The van der Waals surface area contributed by atoms with E-state index in [1.807, 2.05) is 0 Å². The van der Waals surface area contributed by atoms with Crippen LogP contribution >= 0.6 is 11.6 Å². The Bertz CT molecular complexity index is 561. The van der Waals surface area contributed by atoms with E-state index in [0.717, 1.165) is 5.56 Å². The Balaban J connectivity index is 2.19. The number of Topliss-reactive ketones (excluding diaryl/α,β-unsaturated/α-hetero) is 1. The average Bonchev–Trinajstić information content (AvgIpc) is 2.31. The van der Waals surface area contributed by atoms with Crippen molar-refractivity contribution in [2.75, 3.05) is 5.73 Å². The molecule has 2 N–H and O–H groups in total. The topological polar surface area (TPSA) is 43.1 Å². The van der Waals surface area contributed by atoms with E-state index in [9.17, 15) is 9.18 Å². The lowest BCUT2D eigenvalue weighted by atomic mass is 10.0. The number of ketones is 1. The molecule has 0 unspecified atom stereocenters. The minimum absolute atomic E-state index is 0.101. The molecule has 0 aliphatic heterocycles. The van der Waals surface area contributed by atoms with Gasteiger partial charge in [-0.15, -0.1) is 0 Å². The highest BCUT2D eigenvalue weighted by Crippen LogP contribution is 2.18. The molecule has 2 aromatic rings. The molecular formula is C14H11ClFNO. The molecule has 0 radical (unpaired) electrons. The molecule has 0 bridgehead atoms. The van der Waals surface area contributed by atoms with E-state index in [1.165, 1.54) is 12.1 Å². The van der Waals surface area contributed by atoms with Gasteiger partial charge in [0, 0.05) is 22.7 Å². The van der Waals surface area contributed by atoms with Gasteiger partial charge in [0.05, 0.1) is 0 Å². The molecule has 92 valence electrons. The van der Waals surface area contributed by atoms with Gasteiger partial charge in [-0.1, -0.05) is 23.7 Å². The summed E-state index contributed by atoms with van der Waals surface area (Å²) in [6, 6.07) is 10.6. The van der Waals surface area contributed by atoms with Gasteiger partial charge >= 0.3 is 0 Å². The monoisotopic (exact) mass is 263 g/mol. The third-order valence-electron chi connectivity index (χ3n) is 2.52. The molecule has 2 rings (SSSR count). The second kappa shape index (κ2) is 5.19. The van der Waals surface area contributed by atoms with Gasteiger partial charge in [-0.3, -0.25) is 4.79 Å². The predicted molar refractivity (Wildman–Crippen MR) is 70.3 cm³/mol. The lowest BCUT2D eigenvalue weighted by Gasteiger charge is -2.04. The normalized spacial score (nSPS) is 10.3. The fourth-order valence-electron chi connectivity index (χ4n) is 1.66. The Kier molecular flexibility index (Phi) is 3.63. The van der Waals surface area contributed by atoms with E-state index in [4.69, 9.17) is 17.3 Å². The Morgan fingerprint density at radius 2 is 1.83 bits per heavy atom. The largest absolute Gasteiger partial charge is 0.399 e. The number of nitrogens with two attached hydrogens (primary N) is 1. The molecular weight excluding hydrogens is 253 g/mol. The van der Waals surface area contributed by atoms with E-state index in [2.05, 4.69) is 0 Å². The van der Waals surface area contributed by atoms with E-state index >= 15 is 0 Å². The third kappa shape index (κ3) is 3.08. The van der Waals surface area contributed by atoms with Crippen molar-refractivity contribution >= 4 is 23.1 Å². The van der Waals surface area contributed by atoms with Crippen LogP contribution in [0.15, 0.2) is 42.5 Å². The molecule has 0 saturated carbocycles. The Morgan fingerprint density at radius 1 is 1.17 bits per heavy atom. The van der Waals surface area contributed by atoms with Crippen molar-refractivity contribution in [3.8, 4) is 0 Å². The van der Waals surface area contributed by atoms with Crippen molar-refractivity contribution in [3.05, 3.63) is 64.4 Å². The van der Waals surface area contributed by atoms with Crippen LogP contribution < -0.4 is 5.73 Å². The van der Waals surface area contributed by atoms with Crippen LogP contribution in [0.4, 0.5) is 10.1 Å². The summed E-state index contributed by atoms with van der Waals surface area (Å²) in [5.74, 6) is -0.422. The molecule has 0 aliphatic carbocycles. The van der Waals surface area contributed by atoms with Crippen LogP contribution in [0.1, 0.15) is 15.9 Å². The zero-order valence-electron chi connectivity index (χ0n) is 9.49. The summed E-state index contributed by atoms with van der Waals surface area (Å²) >= 11 is 5.84. The molecule has 2 nitrogen and oxygen atoms in total. The molecule has 0 saturated heterocycles. The number of carbonyl (C=O) groups is 1. The van der Waals surface area contributed by atoms with E-state index < -0.39 is 0 Å². The molecule has 2 aromatic carbocycles. The highest BCUT2D eigenvalue weighted by atomic mass is 35.5. The number of anilines is 1. The third-order valence-corrected chi connectivity index (χ3v) is 2.74. The van der Waals surface area contributed by atoms with Crippen LogP contribution in [0.2, 0.25) is 5.02 Å². The molecule has 0 fully saturated rings. The number of benzene rings is 2. The SMILES string of the molecule is Nc1cc(Cl)cc(C(=O)Cc2ccc(F)cc2)c1. The lowest BCUT2D eigenvalue weighted by molar-refractivity contribution is 0.0993. The molecule has 0 aromatic heterocycles. The number of nitrogen functional groups attached to an aromatic ring is 1. The zero-order valence-corrected chi connectivity index (χ0v) is 10.2. The summed E-state index contributed by atoms with van der Waals surface area (Å²) in [5, 5.41) is 0.428. The van der Waals surface area contributed by atoms with Crippen LogP contribution in [0.5, 0.6) is 0 Å². The van der Waals surface area contributed by atoms with Gasteiger partial charge < -0.3 is 5.73 Å². The summed E-state index contributed by atoms with van der Waals surface area (Å²) < 4.78 is 12.7. The average molecular weight is 264 g/mol. The highest BCUT2D eigenvalue weighted by molar-refractivity contribution is 6.31. The van der Waals surface area contributed by atoms with Crippen LogP contribution in [0, 0.1) is 5.82 Å². The second-order valence-electron chi connectivity index (χ2n) is 4.00. The first kappa shape index (κ1) is 12.6. The first-order valence-corrected chi connectivity index (χ1v) is 5.76. The maximum Gasteiger partial charge on any atom is 0.167 e. The number of halogens is 2. The Hall–Kier alpha value is -1.87. The molecule has 0 heterocycles. The van der Waals surface area contributed by atoms with E-state index in [-0.39, 0.29) is 18.0 Å². The molecule has 0 aliphatic rings. The summed E-state index contributed by atoms with van der Waals surface area (Å²) in [6.45, 7) is 0. The number of carbonyl (C=O) groups excluding carboxylic acids is 1. The lowest BCUT2D eigenvalue weighted by Crippen LogP contribution is -2.04. The van der Waals surface area contributed by atoms with Crippen LogP contribution in [-0.4, -0.2) is 5.78 Å². The smallest absolute Gasteiger partial charge is 0.167 e. The van der Waals surface area contributed by atoms with Crippen molar-refractivity contribution in [3.63, 3.8) is 0 Å². The van der Waals surface area contributed by atoms with Crippen molar-refractivity contribution in [2.24, 2.45) is 0 Å². The van der Waals surface area contributed by atoms with E-state index in [0.29, 0.717) is 16.3 Å². The molecule has 18 heavy (non-hydrogen) atoms. The second-order valence-corrected chi connectivity index (χ2v) is 4.44. The predicted octanol–water partition coefficient (Wildman–Crippen LogP) is 3.49. The van der Waals surface area contributed by atoms with Gasteiger partial charge in [-0.25, -0.2) is 4.39 Å². The standard InChI is InChI=1S/C14H11ClFNO/c15-11-6-10(7-13(17)8-11)14(18)5-9-1-3-12(16)4-2-9/h1-4,6-8H,5,17H2. The number of rotatable bonds is 3. The molecule has 0 atom stereocenters. The van der Waals surface area contributed by atoms with E-state index in [1.54, 1.807) is 30.3 Å². The van der Waals surface area contributed by atoms with Crippen molar-refractivity contribution < 1.29 is 9.18 Å². The summed E-state index contributed by atoms with van der Waals surface area (Å²) in [5.41, 5.74) is 7.29. The Morgan fingerprint density at radius 3 is 2.44 bits per heavy atom. The van der Waals surface area contributed by atoms with Gasteiger partial charge in [0.1, 0.15) is 5.82 Å². The molecule has 4 heteroatoms. The quantitative estimate of drug-likeness (QED) is 0.680. The van der Waals surface area contributed by atoms with Gasteiger partial charge in [0.15, 0.2) is 5.78 Å². The molecule has 0 amide bonds. The number of hydrogen-bond donors (Lipinski definition) is 1. The minimum atomic E-state index is -0.321. The van der Waals surface area contributed by atoms with Gasteiger partial charge in [0.25, 0.3) is 0 Å². The summed E-state index contributed by atoms with van der Waals surface area (Å²) in [4.78, 5) is 12.0. The fraction of sp³-hybridized carbons (Fsp3) is 0.0714. The van der Waals surface area contributed by atoms with Gasteiger partial charge in [-0.05, 0) is 35.9 Å². The van der Waals surface area contributed by atoms with Crippen LogP contribution in [-0.2, 0) is 6.42 Å². The van der Waals surface area contributed by atoms with Crippen molar-refractivity contribution in [1.82, 2.24) is 0 Å². The Labute approximate surface area is 109 Å². The summed E-state index contributed by atoms with van der Waals surface area (Å²) in [6.07, 6.45) is 0.195. The van der Waals surface area contributed by atoms with Crippen molar-refractivity contribution in [1.29, 1.82) is 0 Å². The van der Waals surface area contributed by atoms with Gasteiger partial charge in [0.2, 0.25) is 0 Å². The van der Waals surface area contributed by atoms with Crippen molar-refractivity contribution in [2.45, 2.75) is 6.42 Å². The van der Waals surface area contributed by atoms with Crippen LogP contribution in [0.3, 0.4) is 0 Å². The first-order valence-electron chi connectivity index (χ1n) is 5.38.